The van der Waals surface area contributed by atoms with Crippen LogP contribution in [0, 0.1) is 0 Å². The predicted octanol–water partition coefficient (Wildman–Crippen LogP) is -1.57. The smallest absolute Gasteiger partial charge is 0.322 e. The molecule has 0 aliphatic rings. The molecule has 0 unspecified atom stereocenters. The molecule has 6 heteroatoms. The summed E-state index contributed by atoms with van der Waals surface area (Å²) in [5.74, 6) is -1.08. The number of nitrogens with one attached hydrogen (secondary N) is 1. The molecule has 0 aromatic rings. The second-order valence-corrected chi connectivity index (χ2v) is 1.69. The zero-order valence-electron chi connectivity index (χ0n) is 5.44. The van der Waals surface area contributed by atoms with Gasteiger partial charge < -0.3 is 10.2 Å². The second kappa shape index (κ2) is 4.27. The van der Waals surface area contributed by atoms with Gasteiger partial charge in [0.1, 0.15) is 12.2 Å². The van der Waals surface area contributed by atoms with Crippen molar-refractivity contribution in [2.24, 2.45) is 0 Å². The van der Waals surface area contributed by atoms with Crippen LogP contribution in [0.25, 0.3) is 0 Å². The summed E-state index contributed by atoms with van der Waals surface area (Å²) in [6.45, 7) is 1.35. The molecule has 3 N–H and O–H groups in total. The molecule has 0 amide bonds. The van der Waals surface area contributed by atoms with E-state index in [-0.39, 0.29) is 0 Å². The van der Waals surface area contributed by atoms with Gasteiger partial charge in [-0.3, -0.25) is 9.63 Å². The van der Waals surface area contributed by atoms with Crippen molar-refractivity contribution >= 4 is 13.8 Å². The van der Waals surface area contributed by atoms with Crippen LogP contribution in [0.1, 0.15) is 6.92 Å². The third kappa shape index (κ3) is 4.31. The van der Waals surface area contributed by atoms with Gasteiger partial charge in [-0.1, -0.05) is 0 Å². The summed E-state index contributed by atoms with van der Waals surface area (Å²) < 4.78 is 0. The van der Waals surface area contributed by atoms with Crippen LogP contribution in [0.3, 0.4) is 0 Å². The number of carboxylic acids is 1. The third-order valence-electron chi connectivity index (χ3n) is 0.736. The molecule has 0 aromatic heterocycles. The number of hydrogen-bond acceptors (Lipinski definition) is 4. The highest BCUT2D eigenvalue weighted by Crippen LogP contribution is 1.82. The Morgan fingerprint density at radius 3 is 2.60 bits per heavy atom. The lowest BCUT2D eigenvalue weighted by Crippen LogP contribution is -2.36. The summed E-state index contributed by atoms with van der Waals surface area (Å²) in [5, 5.41) is 16.5. The summed E-state index contributed by atoms with van der Waals surface area (Å²) in [5.41, 5.74) is 2.01. The maximum atomic E-state index is 10.0. The highest BCUT2D eigenvalue weighted by atomic mass is 16.7. The topological polar surface area (TPSA) is 78.8 Å². The monoisotopic (exact) mass is 145 g/mol. The van der Waals surface area contributed by atoms with Gasteiger partial charge >= 0.3 is 5.97 Å². The minimum absolute atomic E-state index is 0.891. The lowest BCUT2D eigenvalue weighted by Gasteiger charge is -2.10. The van der Waals surface area contributed by atoms with Crippen LogP contribution in [-0.4, -0.2) is 36.3 Å². The third-order valence-corrected chi connectivity index (χ3v) is 0.736. The highest BCUT2D eigenvalue weighted by Gasteiger charge is 2.10. The summed E-state index contributed by atoms with van der Waals surface area (Å²) in [7, 11) is 4.72. The van der Waals surface area contributed by atoms with E-state index in [1.807, 2.05) is 5.48 Å². The van der Waals surface area contributed by atoms with Gasteiger partial charge in [0.15, 0.2) is 7.85 Å². The quantitative estimate of drug-likeness (QED) is 0.253. The van der Waals surface area contributed by atoms with E-state index in [2.05, 4.69) is 4.84 Å². The summed E-state index contributed by atoms with van der Waals surface area (Å²) in [6.07, 6.45) is -1.50. The largest absolute Gasteiger partial charge is 0.480 e. The molecule has 0 aromatic carbocycles. The van der Waals surface area contributed by atoms with Gasteiger partial charge in [0.05, 0.1) is 0 Å². The van der Waals surface area contributed by atoms with Crippen LogP contribution in [0.2, 0.25) is 0 Å². The van der Waals surface area contributed by atoms with E-state index in [4.69, 9.17) is 18.1 Å². The molecular weight excluding hydrogens is 137 g/mol. The molecule has 0 saturated heterocycles. The van der Waals surface area contributed by atoms with E-state index in [1.165, 1.54) is 6.92 Å². The van der Waals surface area contributed by atoms with Gasteiger partial charge in [-0.05, 0) is 6.92 Å². The Balaban J connectivity index is 3.40. The Bertz CT molecular complexity index is 118. The van der Waals surface area contributed by atoms with Crippen LogP contribution in [0.15, 0.2) is 0 Å². The number of hydroxylamine groups is 1. The molecule has 2 atom stereocenters. The molecule has 0 rings (SSSR count). The average Bonchev–Trinajstić information content (AvgIpc) is 1.82. The normalized spacial score (nSPS) is 16.2. The second-order valence-electron chi connectivity index (χ2n) is 1.69. The maximum absolute atomic E-state index is 10.0. The SMILES string of the molecule is [B][C@H](O)ON[C@@H](C)C(=O)O. The molecular formula is C4H8BNO4. The van der Waals surface area contributed by atoms with Crippen LogP contribution >= 0.6 is 0 Å². The fourth-order valence-corrected chi connectivity index (χ4v) is 0.222. The summed E-state index contributed by atoms with van der Waals surface area (Å²) >= 11 is 0. The zero-order chi connectivity index (χ0) is 8.15. The van der Waals surface area contributed by atoms with Crippen molar-refractivity contribution in [2.45, 2.75) is 19.2 Å². The Kier molecular flexibility index (Phi) is 4.02. The van der Waals surface area contributed by atoms with Crippen LogP contribution in [-0.2, 0) is 9.63 Å². The average molecular weight is 145 g/mol. The van der Waals surface area contributed by atoms with Crippen molar-refractivity contribution in [2.75, 3.05) is 0 Å². The van der Waals surface area contributed by atoms with E-state index in [1.54, 1.807) is 0 Å². The number of carbonyl (C=O) groups is 1. The van der Waals surface area contributed by atoms with E-state index < -0.39 is 18.2 Å². The van der Waals surface area contributed by atoms with E-state index >= 15 is 0 Å². The van der Waals surface area contributed by atoms with Crippen LogP contribution < -0.4 is 5.48 Å². The molecule has 0 heterocycles. The molecule has 0 bridgehead atoms. The fraction of sp³-hybridized carbons (Fsp3) is 0.750. The van der Waals surface area contributed by atoms with E-state index in [0.717, 1.165) is 0 Å². The van der Waals surface area contributed by atoms with Gasteiger partial charge in [0.2, 0.25) is 0 Å². The van der Waals surface area contributed by atoms with Gasteiger partial charge in [0.25, 0.3) is 0 Å². The van der Waals surface area contributed by atoms with Crippen molar-refractivity contribution in [3.05, 3.63) is 0 Å². The molecule has 0 fully saturated rings. The minimum Gasteiger partial charge on any atom is -0.480 e. The Morgan fingerprint density at radius 2 is 2.30 bits per heavy atom. The van der Waals surface area contributed by atoms with Crippen molar-refractivity contribution < 1.29 is 19.8 Å². The molecule has 2 radical (unpaired) electrons. The molecule has 0 saturated carbocycles. The van der Waals surface area contributed by atoms with Gasteiger partial charge in [0, 0.05) is 0 Å². The van der Waals surface area contributed by atoms with Crippen molar-refractivity contribution in [3.63, 3.8) is 0 Å². The lowest BCUT2D eigenvalue weighted by atomic mass is 10.1. The van der Waals surface area contributed by atoms with Gasteiger partial charge in [-0.25, -0.2) is 0 Å². The molecule has 5 nitrogen and oxygen atoms in total. The Morgan fingerprint density at radius 1 is 1.80 bits per heavy atom. The number of carboxylic acid groups (broad SMARTS) is 1. The standard InChI is InChI=1S/C4H8BNO4/c1-2(3(7)8)6-10-4(5)9/h2,4,6,9H,1H3,(H,7,8)/t2-,4+/m0/s1. The first-order valence-electron chi connectivity index (χ1n) is 2.61. The summed E-state index contributed by atoms with van der Waals surface area (Å²) in [6, 6.07) is -0.891. The van der Waals surface area contributed by atoms with Crippen LogP contribution in [0.4, 0.5) is 0 Å². The molecule has 0 spiro atoms. The van der Waals surface area contributed by atoms with E-state index in [9.17, 15) is 4.79 Å². The number of hydrogen-bond donors (Lipinski definition) is 3. The fourth-order valence-electron chi connectivity index (χ4n) is 0.222. The number of rotatable bonds is 4. The van der Waals surface area contributed by atoms with Crippen LogP contribution in [0.5, 0.6) is 0 Å². The number of aliphatic hydroxyl groups is 1. The molecule has 56 valence electrons. The number of aliphatic carboxylic acids is 1. The van der Waals surface area contributed by atoms with Crippen molar-refractivity contribution in [1.82, 2.24) is 5.48 Å². The highest BCUT2D eigenvalue weighted by molar-refractivity contribution is 6.09. The minimum atomic E-state index is -1.50. The first kappa shape index (κ1) is 9.41. The molecule has 0 aliphatic heterocycles. The zero-order valence-corrected chi connectivity index (χ0v) is 5.44. The molecule has 0 aliphatic carbocycles. The lowest BCUT2D eigenvalue weighted by molar-refractivity contribution is -0.150. The Labute approximate surface area is 59.4 Å². The molecule has 10 heavy (non-hydrogen) atoms. The van der Waals surface area contributed by atoms with Gasteiger partial charge in [-0.2, -0.15) is 5.48 Å². The first-order chi connectivity index (χ1) is 4.54. The van der Waals surface area contributed by atoms with Crippen molar-refractivity contribution in [1.29, 1.82) is 0 Å². The predicted molar refractivity (Wildman–Crippen MR) is 33.1 cm³/mol. The van der Waals surface area contributed by atoms with Gasteiger partial charge in [-0.15, -0.1) is 0 Å². The van der Waals surface area contributed by atoms with Crippen molar-refractivity contribution in [3.8, 4) is 0 Å². The first-order valence-corrected chi connectivity index (χ1v) is 2.61. The maximum Gasteiger partial charge on any atom is 0.322 e. The Hall–Kier alpha value is -0.585. The summed E-state index contributed by atoms with van der Waals surface area (Å²) in [4.78, 5) is 14.2. The van der Waals surface area contributed by atoms with E-state index in [0.29, 0.717) is 0 Å². The number of aliphatic hydroxyl groups excluding tert-OH is 1.